The summed E-state index contributed by atoms with van der Waals surface area (Å²) in [5, 5.41) is 0. The average Bonchev–Trinajstić information content (AvgIpc) is 2.29. The molecular weight excluding hydrogens is 227 g/mol. The molecular formula is C15H25FN2. The van der Waals surface area contributed by atoms with Crippen molar-refractivity contribution in [1.82, 2.24) is 4.90 Å². The van der Waals surface area contributed by atoms with Crippen molar-refractivity contribution >= 4 is 0 Å². The molecule has 0 radical (unpaired) electrons. The van der Waals surface area contributed by atoms with Crippen LogP contribution in [0.15, 0.2) is 18.2 Å². The predicted octanol–water partition coefficient (Wildman–Crippen LogP) is 3.25. The number of hydrogen-bond donors (Lipinski definition) is 1. The lowest BCUT2D eigenvalue weighted by Gasteiger charge is -2.42. The van der Waals surface area contributed by atoms with E-state index in [0.29, 0.717) is 0 Å². The van der Waals surface area contributed by atoms with Crippen LogP contribution >= 0.6 is 0 Å². The molecule has 0 fully saturated rings. The molecule has 1 atom stereocenters. The standard InChI is InChI=1S/C15H25FN2/c1-6-18(7-2)15(4,5)14(17)13-9-8-12(16)10-11(13)3/h8-10,14H,6-7,17H2,1-5H3. The van der Waals surface area contributed by atoms with E-state index in [1.165, 1.54) is 6.07 Å². The first kappa shape index (κ1) is 15.1. The highest BCUT2D eigenvalue weighted by Gasteiger charge is 2.33. The lowest BCUT2D eigenvalue weighted by Crippen LogP contribution is -2.51. The number of rotatable bonds is 5. The van der Waals surface area contributed by atoms with E-state index >= 15 is 0 Å². The average molecular weight is 252 g/mol. The predicted molar refractivity (Wildman–Crippen MR) is 75.1 cm³/mol. The quantitative estimate of drug-likeness (QED) is 0.871. The molecule has 0 bridgehead atoms. The maximum Gasteiger partial charge on any atom is 0.123 e. The smallest absolute Gasteiger partial charge is 0.123 e. The summed E-state index contributed by atoms with van der Waals surface area (Å²) < 4.78 is 13.1. The van der Waals surface area contributed by atoms with Crippen LogP contribution in [0, 0.1) is 12.7 Å². The molecule has 0 aliphatic heterocycles. The summed E-state index contributed by atoms with van der Waals surface area (Å²) in [7, 11) is 0. The van der Waals surface area contributed by atoms with E-state index in [-0.39, 0.29) is 17.4 Å². The van der Waals surface area contributed by atoms with Crippen molar-refractivity contribution in [3.05, 3.63) is 35.1 Å². The molecule has 1 unspecified atom stereocenters. The lowest BCUT2D eigenvalue weighted by atomic mass is 9.85. The summed E-state index contributed by atoms with van der Waals surface area (Å²) >= 11 is 0. The summed E-state index contributed by atoms with van der Waals surface area (Å²) in [6.07, 6.45) is 0. The first-order valence-electron chi connectivity index (χ1n) is 6.61. The summed E-state index contributed by atoms with van der Waals surface area (Å²) in [5.41, 5.74) is 8.21. The van der Waals surface area contributed by atoms with Crippen molar-refractivity contribution < 1.29 is 4.39 Å². The second-order valence-corrected chi connectivity index (χ2v) is 5.30. The van der Waals surface area contributed by atoms with E-state index in [2.05, 4.69) is 32.6 Å². The molecule has 2 N–H and O–H groups in total. The van der Waals surface area contributed by atoms with Crippen LogP contribution in [0.4, 0.5) is 4.39 Å². The van der Waals surface area contributed by atoms with E-state index in [4.69, 9.17) is 5.73 Å². The molecule has 0 amide bonds. The molecule has 2 nitrogen and oxygen atoms in total. The Kier molecular flexibility index (Phi) is 4.88. The van der Waals surface area contributed by atoms with Gasteiger partial charge in [-0.1, -0.05) is 19.9 Å². The van der Waals surface area contributed by atoms with Gasteiger partial charge in [0.2, 0.25) is 0 Å². The third-order valence-corrected chi connectivity index (χ3v) is 3.91. The molecule has 0 saturated carbocycles. The maximum atomic E-state index is 13.1. The van der Waals surface area contributed by atoms with Gasteiger partial charge in [-0.05, 0) is 57.1 Å². The minimum absolute atomic E-state index is 0.127. The SMILES string of the molecule is CCN(CC)C(C)(C)C(N)c1ccc(F)cc1C. The molecule has 1 aromatic carbocycles. The van der Waals surface area contributed by atoms with Crippen LogP contribution in [0.1, 0.15) is 44.9 Å². The second-order valence-electron chi connectivity index (χ2n) is 5.30. The summed E-state index contributed by atoms with van der Waals surface area (Å²) in [6.45, 7) is 12.4. The van der Waals surface area contributed by atoms with Gasteiger partial charge in [-0.3, -0.25) is 4.90 Å². The lowest BCUT2D eigenvalue weighted by molar-refractivity contribution is 0.106. The molecule has 0 heterocycles. The van der Waals surface area contributed by atoms with Crippen molar-refractivity contribution in [3.8, 4) is 0 Å². The largest absolute Gasteiger partial charge is 0.322 e. The molecule has 0 aromatic heterocycles. The van der Waals surface area contributed by atoms with Gasteiger partial charge in [0, 0.05) is 11.6 Å². The van der Waals surface area contributed by atoms with Crippen molar-refractivity contribution in [2.75, 3.05) is 13.1 Å². The number of halogens is 1. The molecule has 18 heavy (non-hydrogen) atoms. The number of hydrogen-bond acceptors (Lipinski definition) is 2. The van der Waals surface area contributed by atoms with Gasteiger partial charge in [0.25, 0.3) is 0 Å². The van der Waals surface area contributed by atoms with Crippen LogP contribution in [0.25, 0.3) is 0 Å². The fourth-order valence-electron chi connectivity index (χ4n) is 2.60. The highest BCUT2D eigenvalue weighted by molar-refractivity contribution is 5.31. The molecule has 1 aromatic rings. The number of nitrogens with zero attached hydrogens (tertiary/aromatic N) is 1. The first-order chi connectivity index (χ1) is 8.34. The minimum atomic E-state index is -0.205. The van der Waals surface area contributed by atoms with Gasteiger partial charge >= 0.3 is 0 Å². The molecule has 0 saturated heterocycles. The minimum Gasteiger partial charge on any atom is -0.322 e. The highest BCUT2D eigenvalue weighted by atomic mass is 19.1. The van der Waals surface area contributed by atoms with Gasteiger partial charge in [-0.2, -0.15) is 0 Å². The van der Waals surface area contributed by atoms with E-state index in [1.807, 2.05) is 6.92 Å². The Morgan fingerprint density at radius 1 is 1.28 bits per heavy atom. The number of aryl methyl sites for hydroxylation is 1. The van der Waals surface area contributed by atoms with Crippen LogP contribution in [0.3, 0.4) is 0 Å². The summed E-state index contributed by atoms with van der Waals surface area (Å²) in [6, 6.07) is 4.72. The van der Waals surface area contributed by atoms with Crippen molar-refractivity contribution in [3.63, 3.8) is 0 Å². The van der Waals surface area contributed by atoms with Gasteiger partial charge in [-0.15, -0.1) is 0 Å². The summed E-state index contributed by atoms with van der Waals surface area (Å²) in [4.78, 5) is 2.33. The topological polar surface area (TPSA) is 29.3 Å². The third kappa shape index (κ3) is 2.90. The van der Waals surface area contributed by atoms with E-state index in [0.717, 1.165) is 24.2 Å². The van der Waals surface area contributed by atoms with E-state index < -0.39 is 0 Å². The van der Waals surface area contributed by atoms with Crippen molar-refractivity contribution in [2.24, 2.45) is 5.73 Å². The molecule has 1 rings (SSSR count). The zero-order valence-electron chi connectivity index (χ0n) is 12.1. The number of nitrogens with two attached hydrogens (primary N) is 1. The molecule has 0 aliphatic rings. The van der Waals surface area contributed by atoms with Gasteiger partial charge in [0.1, 0.15) is 5.82 Å². The Balaban J connectivity index is 3.08. The van der Waals surface area contributed by atoms with Crippen LogP contribution in [0.2, 0.25) is 0 Å². The first-order valence-corrected chi connectivity index (χ1v) is 6.61. The van der Waals surface area contributed by atoms with Crippen molar-refractivity contribution in [1.29, 1.82) is 0 Å². The van der Waals surface area contributed by atoms with Gasteiger partial charge < -0.3 is 5.73 Å². The third-order valence-electron chi connectivity index (χ3n) is 3.91. The van der Waals surface area contributed by atoms with Crippen LogP contribution in [-0.4, -0.2) is 23.5 Å². The zero-order valence-corrected chi connectivity index (χ0v) is 12.1. The van der Waals surface area contributed by atoms with Gasteiger partial charge in [-0.25, -0.2) is 4.39 Å². The Hall–Kier alpha value is -0.930. The highest BCUT2D eigenvalue weighted by Crippen LogP contribution is 2.30. The normalized spacial score (nSPS) is 14.0. The molecule has 3 heteroatoms. The fourth-order valence-corrected chi connectivity index (χ4v) is 2.60. The van der Waals surface area contributed by atoms with Crippen LogP contribution in [0.5, 0.6) is 0 Å². The Morgan fingerprint density at radius 3 is 2.28 bits per heavy atom. The Morgan fingerprint density at radius 2 is 1.83 bits per heavy atom. The van der Waals surface area contributed by atoms with Gasteiger partial charge in [0.15, 0.2) is 0 Å². The molecule has 0 aliphatic carbocycles. The van der Waals surface area contributed by atoms with E-state index in [1.54, 1.807) is 12.1 Å². The number of benzene rings is 1. The Labute approximate surface area is 110 Å². The zero-order chi connectivity index (χ0) is 13.9. The fraction of sp³-hybridized carbons (Fsp3) is 0.600. The molecule has 0 spiro atoms. The van der Waals surface area contributed by atoms with Crippen molar-refractivity contribution in [2.45, 2.75) is 46.2 Å². The van der Waals surface area contributed by atoms with Gasteiger partial charge in [0.05, 0.1) is 0 Å². The molecule has 102 valence electrons. The number of likely N-dealkylation sites (N-methyl/N-ethyl adjacent to an activating group) is 1. The van der Waals surface area contributed by atoms with Crippen LogP contribution < -0.4 is 5.73 Å². The monoisotopic (exact) mass is 252 g/mol. The van der Waals surface area contributed by atoms with Crippen LogP contribution in [-0.2, 0) is 0 Å². The summed E-state index contributed by atoms with van der Waals surface area (Å²) in [5.74, 6) is -0.205. The second kappa shape index (κ2) is 5.81. The van der Waals surface area contributed by atoms with E-state index in [9.17, 15) is 4.39 Å². The Bertz CT molecular complexity index is 397. The maximum absolute atomic E-state index is 13.1.